The molecule has 2 atom stereocenters. The van der Waals surface area contributed by atoms with Gasteiger partial charge in [-0.1, -0.05) is 26.0 Å². The summed E-state index contributed by atoms with van der Waals surface area (Å²) in [4.78, 5) is 29.5. The predicted molar refractivity (Wildman–Crippen MR) is 150 cm³/mol. The van der Waals surface area contributed by atoms with Crippen LogP contribution in [0, 0.1) is 29.5 Å². The molecule has 2 aliphatic rings. The zero-order valence-electron chi connectivity index (χ0n) is 23.2. The molecule has 1 amide bonds. The summed E-state index contributed by atoms with van der Waals surface area (Å²) in [6.45, 7) is 6.69. The van der Waals surface area contributed by atoms with Gasteiger partial charge >= 0.3 is 0 Å². The molecule has 2 bridgehead atoms. The number of Topliss-reactive ketones (excluding diaryl/α,β-unsaturated/α-hetero) is 1. The van der Waals surface area contributed by atoms with Crippen LogP contribution in [0.1, 0.15) is 55.5 Å². The fourth-order valence-electron chi connectivity index (χ4n) is 6.25. The molecule has 10 heteroatoms. The summed E-state index contributed by atoms with van der Waals surface area (Å²) in [5.74, 6) is -0.749. The van der Waals surface area contributed by atoms with Gasteiger partial charge < -0.3 is 9.64 Å². The number of aryl methyl sites for hydroxylation is 1. The fraction of sp³-hybridized carbons (Fsp3) is 0.586. The molecule has 2 aromatic rings. The molecule has 0 radical (unpaired) electrons. The summed E-state index contributed by atoms with van der Waals surface area (Å²) in [6, 6.07) is 7.95. The highest BCUT2D eigenvalue weighted by molar-refractivity contribution is 7.89. The molecule has 2 fully saturated rings. The van der Waals surface area contributed by atoms with E-state index < -0.39 is 20.9 Å². The molecule has 0 aliphatic heterocycles. The number of carbonyl (C=O) groups excluding carboxylic acids is 2. The van der Waals surface area contributed by atoms with E-state index >= 15 is 0 Å². The van der Waals surface area contributed by atoms with Gasteiger partial charge in [0.25, 0.3) is 0 Å². The standard InChI is InChI=1S/C29H39FN2O5S2/c1-21-11-15-38-25(21)18-31(17-22-6-8-24(30)9-7-22)27(34)19-32(13-5-14-37-4)39(35,36)20-29-12-10-23(16-26(29)33)28(29,2)3/h6-9,11,15,23H,5,10,12-14,16-20H2,1-4H3. The number of hydrogen-bond donors (Lipinski definition) is 0. The number of halogens is 1. The second kappa shape index (κ2) is 11.8. The van der Waals surface area contributed by atoms with Crippen LogP contribution in [0.25, 0.3) is 0 Å². The van der Waals surface area contributed by atoms with Crippen LogP contribution in [0.4, 0.5) is 4.39 Å². The van der Waals surface area contributed by atoms with Crippen molar-refractivity contribution >= 4 is 33.1 Å². The minimum Gasteiger partial charge on any atom is -0.385 e. The Balaban J connectivity index is 1.59. The largest absolute Gasteiger partial charge is 0.385 e. The lowest BCUT2D eigenvalue weighted by Gasteiger charge is -2.38. The molecule has 2 saturated carbocycles. The van der Waals surface area contributed by atoms with E-state index in [0.29, 0.717) is 32.4 Å². The molecule has 0 N–H and O–H groups in total. The number of rotatable bonds is 13. The Kier molecular flexibility index (Phi) is 9.00. The van der Waals surface area contributed by atoms with Gasteiger partial charge in [-0.3, -0.25) is 9.59 Å². The first-order valence-electron chi connectivity index (χ1n) is 13.4. The molecule has 4 rings (SSSR count). The summed E-state index contributed by atoms with van der Waals surface area (Å²) in [5, 5.41) is 1.96. The molecule has 2 unspecified atom stereocenters. The van der Waals surface area contributed by atoms with Crippen molar-refractivity contribution in [3.05, 3.63) is 57.5 Å². The summed E-state index contributed by atoms with van der Waals surface area (Å²) >= 11 is 1.54. The average Bonchev–Trinajstić information content (AvgIpc) is 3.44. The molecular formula is C29H39FN2O5S2. The van der Waals surface area contributed by atoms with Crippen LogP contribution in [0.5, 0.6) is 0 Å². The molecule has 1 aromatic heterocycles. The SMILES string of the molecule is COCCCN(CC(=O)N(Cc1ccc(F)cc1)Cc1sccc1C)S(=O)(=O)CC12CCC(CC1=O)C2(C)C. The Bertz CT molecular complexity index is 1290. The van der Waals surface area contributed by atoms with Crippen LogP contribution in [-0.4, -0.2) is 61.9 Å². The van der Waals surface area contributed by atoms with Crippen molar-refractivity contribution in [3.8, 4) is 0 Å². The van der Waals surface area contributed by atoms with Gasteiger partial charge in [-0.05, 0) is 72.2 Å². The maximum absolute atomic E-state index is 13.9. The number of sulfonamides is 1. The zero-order valence-corrected chi connectivity index (χ0v) is 24.9. The minimum absolute atomic E-state index is 0.0293. The molecule has 0 saturated heterocycles. The third-order valence-electron chi connectivity index (χ3n) is 8.97. The van der Waals surface area contributed by atoms with Crippen LogP contribution in [0.15, 0.2) is 35.7 Å². The van der Waals surface area contributed by atoms with Gasteiger partial charge in [-0.2, -0.15) is 4.31 Å². The minimum atomic E-state index is -3.95. The molecule has 7 nitrogen and oxygen atoms in total. The van der Waals surface area contributed by atoms with Crippen molar-refractivity contribution in [3.63, 3.8) is 0 Å². The van der Waals surface area contributed by atoms with E-state index in [2.05, 4.69) is 0 Å². The van der Waals surface area contributed by atoms with E-state index in [9.17, 15) is 22.4 Å². The lowest BCUT2D eigenvalue weighted by atomic mass is 9.70. The van der Waals surface area contributed by atoms with Gasteiger partial charge in [-0.25, -0.2) is 12.8 Å². The number of methoxy groups -OCH3 is 1. The number of carbonyl (C=O) groups is 2. The molecule has 1 aromatic carbocycles. The number of fused-ring (bicyclic) bond motifs is 2. The van der Waals surface area contributed by atoms with Crippen LogP contribution in [-0.2, 0) is 37.4 Å². The first-order valence-corrected chi connectivity index (χ1v) is 15.9. The van der Waals surface area contributed by atoms with Gasteiger partial charge in [0.05, 0.1) is 18.8 Å². The van der Waals surface area contributed by atoms with Gasteiger partial charge in [0.1, 0.15) is 11.6 Å². The number of thiophene rings is 1. The number of ketones is 1. The topological polar surface area (TPSA) is 84.0 Å². The van der Waals surface area contributed by atoms with Crippen LogP contribution >= 0.6 is 11.3 Å². The first-order chi connectivity index (χ1) is 18.4. The molecule has 214 valence electrons. The summed E-state index contributed by atoms with van der Waals surface area (Å²) < 4.78 is 47.8. The third kappa shape index (κ3) is 6.14. The molecular weight excluding hydrogens is 539 g/mol. The van der Waals surface area contributed by atoms with E-state index in [0.717, 1.165) is 22.4 Å². The molecule has 39 heavy (non-hydrogen) atoms. The summed E-state index contributed by atoms with van der Waals surface area (Å²) in [5.41, 5.74) is 0.492. The normalized spacial score (nSPS) is 22.1. The summed E-state index contributed by atoms with van der Waals surface area (Å²) in [7, 11) is -2.40. The van der Waals surface area contributed by atoms with Crippen molar-refractivity contribution in [1.29, 1.82) is 0 Å². The smallest absolute Gasteiger partial charge is 0.238 e. The van der Waals surface area contributed by atoms with Crippen LogP contribution in [0.3, 0.4) is 0 Å². The Hall–Kier alpha value is -2.14. The Morgan fingerprint density at radius 2 is 1.90 bits per heavy atom. The zero-order chi connectivity index (χ0) is 28.4. The number of hydrogen-bond acceptors (Lipinski definition) is 6. The number of amides is 1. The van der Waals surface area contributed by atoms with E-state index in [1.54, 1.807) is 24.1 Å². The van der Waals surface area contributed by atoms with Gasteiger partial charge in [-0.15, -0.1) is 11.3 Å². The summed E-state index contributed by atoms with van der Waals surface area (Å²) in [6.07, 6.45) is 2.27. The third-order valence-corrected chi connectivity index (χ3v) is 11.9. The highest BCUT2D eigenvalue weighted by Gasteiger charge is 2.65. The van der Waals surface area contributed by atoms with Crippen molar-refractivity contribution in [1.82, 2.24) is 9.21 Å². The Morgan fingerprint density at radius 3 is 2.46 bits per heavy atom. The van der Waals surface area contributed by atoms with E-state index in [-0.39, 0.29) is 48.8 Å². The van der Waals surface area contributed by atoms with E-state index in [4.69, 9.17) is 4.74 Å². The van der Waals surface area contributed by atoms with Crippen molar-refractivity contribution in [2.75, 3.05) is 32.6 Å². The lowest BCUT2D eigenvalue weighted by Crippen LogP contribution is -2.49. The van der Waals surface area contributed by atoms with Crippen molar-refractivity contribution < 1.29 is 27.1 Å². The highest BCUT2D eigenvalue weighted by Crippen LogP contribution is 2.64. The maximum Gasteiger partial charge on any atom is 0.238 e. The molecule has 0 spiro atoms. The first kappa shape index (κ1) is 29.8. The molecule has 2 aliphatic carbocycles. The number of ether oxygens (including phenoxy) is 1. The fourth-order valence-corrected chi connectivity index (χ4v) is 9.36. The second-order valence-corrected chi connectivity index (χ2v) is 14.5. The number of nitrogens with zero attached hydrogens (tertiary/aromatic N) is 2. The molecule has 1 heterocycles. The second-order valence-electron chi connectivity index (χ2n) is 11.5. The van der Waals surface area contributed by atoms with Crippen LogP contribution in [0.2, 0.25) is 0 Å². The van der Waals surface area contributed by atoms with E-state index in [1.165, 1.54) is 27.8 Å². The number of benzene rings is 1. The highest BCUT2D eigenvalue weighted by atomic mass is 32.2. The van der Waals surface area contributed by atoms with Gasteiger partial charge in [0, 0.05) is 43.5 Å². The Labute approximate surface area is 235 Å². The monoisotopic (exact) mass is 578 g/mol. The van der Waals surface area contributed by atoms with Crippen molar-refractivity contribution in [2.24, 2.45) is 16.7 Å². The van der Waals surface area contributed by atoms with Crippen molar-refractivity contribution in [2.45, 2.75) is 59.5 Å². The predicted octanol–water partition coefficient (Wildman–Crippen LogP) is 4.79. The Morgan fingerprint density at radius 1 is 1.18 bits per heavy atom. The van der Waals surface area contributed by atoms with E-state index in [1.807, 2.05) is 32.2 Å². The average molecular weight is 579 g/mol. The lowest BCUT2D eigenvalue weighted by molar-refractivity contribution is -0.132. The van der Waals surface area contributed by atoms with Crippen LogP contribution < -0.4 is 0 Å². The van der Waals surface area contributed by atoms with Gasteiger partial charge in [0.15, 0.2) is 0 Å². The van der Waals surface area contributed by atoms with Gasteiger partial charge in [0.2, 0.25) is 15.9 Å². The quantitative estimate of drug-likeness (QED) is 0.319. The maximum atomic E-state index is 13.9.